The Morgan fingerprint density at radius 2 is 1.89 bits per heavy atom. The zero-order valence-corrected chi connectivity index (χ0v) is 26.7. The van der Waals surface area contributed by atoms with Crippen LogP contribution in [0.5, 0.6) is 11.6 Å². The number of benzene rings is 1. The minimum absolute atomic E-state index is 0.00817. The number of nitrogens with one attached hydrogen (secondary N) is 4. The fourth-order valence-electron chi connectivity index (χ4n) is 5.40. The quantitative estimate of drug-likeness (QED) is 0.183. The van der Waals surface area contributed by atoms with Crippen LogP contribution in [0.3, 0.4) is 0 Å². The van der Waals surface area contributed by atoms with Gasteiger partial charge in [0.15, 0.2) is 12.4 Å². The molecule has 2 aromatic heterocycles. The molecule has 1 aliphatic rings. The number of hydrogen-bond donors (Lipinski definition) is 4. The SMILES string of the molecule is CCOc1nccc(C)c1C(=O)OCC(=O)[C@H](C[C@@H]1CCNC1=O)NC(=O)[C@H](CC(C)C)NC(=O)c1cc2c(OC)cccc2[nH]1. The molecule has 3 atom stereocenters. The normalized spacial score (nSPS) is 15.6. The fraction of sp³-hybridized carbons (Fsp3) is 0.455. The Labute approximate surface area is 267 Å². The third kappa shape index (κ3) is 8.20. The second-order valence-corrected chi connectivity index (χ2v) is 11.6. The number of nitrogens with zero attached hydrogens (tertiary/aromatic N) is 1. The first-order chi connectivity index (χ1) is 22.0. The van der Waals surface area contributed by atoms with E-state index in [4.69, 9.17) is 14.2 Å². The summed E-state index contributed by atoms with van der Waals surface area (Å²) in [5.74, 6) is -2.56. The maximum atomic E-state index is 13.7. The highest BCUT2D eigenvalue weighted by Gasteiger charge is 2.34. The number of aromatic amines is 1. The van der Waals surface area contributed by atoms with Gasteiger partial charge in [-0.1, -0.05) is 19.9 Å². The molecule has 1 aliphatic heterocycles. The molecule has 0 unspecified atom stereocenters. The predicted molar refractivity (Wildman–Crippen MR) is 169 cm³/mol. The van der Waals surface area contributed by atoms with Crippen molar-refractivity contribution < 1.29 is 38.2 Å². The van der Waals surface area contributed by atoms with Gasteiger partial charge in [0.25, 0.3) is 5.91 Å². The summed E-state index contributed by atoms with van der Waals surface area (Å²) in [6.45, 7) is 7.33. The molecule has 13 nitrogen and oxygen atoms in total. The molecule has 3 amide bonds. The number of carbonyl (C=O) groups excluding carboxylic acids is 5. The second kappa shape index (κ2) is 15.4. The van der Waals surface area contributed by atoms with Crippen molar-refractivity contribution in [3.63, 3.8) is 0 Å². The largest absolute Gasteiger partial charge is 0.496 e. The smallest absolute Gasteiger partial charge is 0.344 e. The minimum Gasteiger partial charge on any atom is -0.496 e. The van der Waals surface area contributed by atoms with Crippen LogP contribution in [0, 0.1) is 18.8 Å². The topological polar surface area (TPSA) is 178 Å². The monoisotopic (exact) mass is 635 g/mol. The summed E-state index contributed by atoms with van der Waals surface area (Å²) in [7, 11) is 1.54. The van der Waals surface area contributed by atoms with E-state index in [0.29, 0.717) is 35.2 Å². The summed E-state index contributed by atoms with van der Waals surface area (Å²) in [6.07, 6.45) is 2.28. The molecule has 0 saturated carbocycles. The lowest BCUT2D eigenvalue weighted by Crippen LogP contribution is -2.53. The van der Waals surface area contributed by atoms with Gasteiger partial charge in [0.1, 0.15) is 23.0 Å². The van der Waals surface area contributed by atoms with E-state index in [2.05, 4.69) is 25.9 Å². The van der Waals surface area contributed by atoms with E-state index in [1.807, 2.05) is 19.9 Å². The molecule has 1 saturated heterocycles. The lowest BCUT2D eigenvalue weighted by molar-refractivity contribution is -0.131. The standard InChI is InChI=1S/C33H41N5O8/c1-6-45-32-28(19(4)10-12-35-32)33(43)46-17-26(39)23(15-20-11-13-34-29(20)40)37-30(41)24(14-18(2)3)38-31(42)25-16-21-22(36-25)8-7-9-27(21)44-5/h7-10,12,16,18,20,23-24,36H,6,11,13-15,17H2,1-5H3,(H,34,40)(H,37,41)(H,38,42)/t20-,23-,24-/m0/s1. The first-order valence-electron chi connectivity index (χ1n) is 15.3. The van der Waals surface area contributed by atoms with Gasteiger partial charge in [0.05, 0.1) is 19.8 Å². The van der Waals surface area contributed by atoms with E-state index in [1.54, 1.807) is 38.1 Å². The lowest BCUT2D eigenvalue weighted by Gasteiger charge is -2.25. The Kier molecular flexibility index (Phi) is 11.3. The molecule has 0 aliphatic carbocycles. The second-order valence-electron chi connectivity index (χ2n) is 11.6. The van der Waals surface area contributed by atoms with Crippen LogP contribution in [0.2, 0.25) is 0 Å². The van der Waals surface area contributed by atoms with E-state index in [9.17, 15) is 24.0 Å². The number of aryl methyl sites for hydroxylation is 1. The molecule has 4 N–H and O–H groups in total. The number of H-pyrrole nitrogens is 1. The molecule has 0 spiro atoms. The van der Waals surface area contributed by atoms with Crippen LogP contribution in [0.4, 0.5) is 0 Å². The zero-order chi connectivity index (χ0) is 33.4. The number of fused-ring (bicyclic) bond motifs is 1. The van der Waals surface area contributed by atoms with Crippen LogP contribution in [-0.2, 0) is 19.1 Å². The van der Waals surface area contributed by atoms with Crippen LogP contribution < -0.4 is 25.4 Å². The van der Waals surface area contributed by atoms with E-state index >= 15 is 0 Å². The number of hydrogen-bond acceptors (Lipinski definition) is 9. The number of rotatable bonds is 15. The Morgan fingerprint density at radius 3 is 2.57 bits per heavy atom. The maximum Gasteiger partial charge on any atom is 0.344 e. The highest BCUT2D eigenvalue weighted by Crippen LogP contribution is 2.26. The number of esters is 1. The molecular formula is C33H41N5O8. The Bertz CT molecular complexity index is 1600. The number of pyridine rings is 1. The lowest BCUT2D eigenvalue weighted by atomic mass is 9.95. The number of Topliss-reactive ketones (excluding diaryl/α,β-unsaturated/α-hetero) is 1. The Hall–Kier alpha value is -4.94. The average Bonchev–Trinajstić information content (AvgIpc) is 3.65. The van der Waals surface area contributed by atoms with Crippen LogP contribution in [0.1, 0.15) is 66.4 Å². The van der Waals surface area contributed by atoms with E-state index in [-0.39, 0.29) is 48.4 Å². The fourth-order valence-corrected chi connectivity index (χ4v) is 5.40. The third-order valence-corrected chi connectivity index (χ3v) is 7.76. The number of methoxy groups -OCH3 is 1. The highest BCUT2D eigenvalue weighted by atomic mass is 16.5. The zero-order valence-electron chi connectivity index (χ0n) is 26.7. The predicted octanol–water partition coefficient (Wildman–Crippen LogP) is 2.86. The van der Waals surface area contributed by atoms with Crippen molar-refractivity contribution in [1.29, 1.82) is 0 Å². The summed E-state index contributed by atoms with van der Waals surface area (Å²) < 4.78 is 16.2. The number of aromatic nitrogens is 2. The van der Waals surface area contributed by atoms with Gasteiger partial charge >= 0.3 is 5.97 Å². The number of ketones is 1. The first kappa shape index (κ1) is 33.9. The summed E-state index contributed by atoms with van der Waals surface area (Å²) >= 11 is 0. The van der Waals surface area contributed by atoms with Crippen molar-refractivity contribution in [2.24, 2.45) is 11.8 Å². The van der Waals surface area contributed by atoms with Gasteiger partial charge < -0.3 is 35.1 Å². The van der Waals surface area contributed by atoms with E-state index in [0.717, 1.165) is 0 Å². The Balaban J connectivity index is 1.50. The molecule has 13 heteroatoms. The van der Waals surface area contributed by atoms with Crippen molar-refractivity contribution >= 4 is 40.4 Å². The number of amides is 3. The molecule has 46 heavy (non-hydrogen) atoms. The summed E-state index contributed by atoms with van der Waals surface area (Å²) in [4.78, 5) is 73.0. The third-order valence-electron chi connectivity index (χ3n) is 7.76. The van der Waals surface area contributed by atoms with Gasteiger partial charge in [0.2, 0.25) is 17.7 Å². The van der Waals surface area contributed by atoms with E-state index < -0.39 is 48.2 Å². The van der Waals surface area contributed by atoms with Gasteiger partial charge in [-0.25, -0.2) is 9.78 Å². The first-order valence-corrected chi connectivity index (χ1v) is 15.3. The van der Waals surface area contributed by atoms with Crippen molar-refractivity contribution in [2.45, 2.75) is 59.0 Å². The molecule has 1 aromatic carbocycles. The molecule has 3 heterocycles. The number of ether oxygens (including phenoxy) is 3. The van der Waals surface area contributed by atoms with E-state index in [1.165, 1.54) is 13.3 Å². The van der Waals surface area contributed by atoms with Gasteiger partial charge in [-0.15, -0.1) is 0 Å². The van der Waals surface area contributed by atoms with Crippen molar-refractivity contribution in [3.05, 3.63) is 53.3 Å². The van der Waals surface area contributed by atoms with Crippen molar-refractivity contribution in [3.8, 4) is 11.6 Å². The van der Waals surface area contributed by atoms with Gasteiger partial charge in [-0.2, -0.15) is 0 Å². The molecule has 0 radical (unpaired) electrons. The minimum atomic E-state index is -1.15. The van der Waals surface area contributed by atoms with Gasteiger partial charge in [-0.05, 0) is 68.9 Å². The highest BCUT2D eigenvalue weighted by molar-refractivity contribution is 6.02. The molecule has 246 valence electrons. The van der Waals surface area contributed by atoms with Crippen LogP contribution >= 0.6 is 0 Å². The molecule has 1 fully saturated rings. The van der Waals surface area contributed by atoms with Crippen LogP contribution in [0.25, 0.3) is 10.9 Å². The maximum absolute atomic E-state index is 13.7. The summed E-state index contributed by atoms with van der Waals surface area (Å²) in [6, 6.07) is 6.50. The Morgan fingerprint density at radius 1 is 1.11 bits per heavy atom. The summed E-state index contributed by atoms with van der Waals surface area (Å²) in [5.41, 5.74) is 1.59. The van der Waals surface area contributed by atoms with Crippen LogP contribution in [-0.4, -0.2) is 78.4 Å². The molecule has 3 aromatic rings. The van der Waals surface area contributed by atoms with Gasteiger partial charge in [0, 0.05) is 29.6 Å². The van der Waals surface area contributed by atoms with Crippen LogP contribution in [0.15, 0.2) is 36.5 Å². The number of carbonyl (C=O) groups is 5. The van der Waals surface area contributed by atoms with Gasteiger partial charge in [-0.3, -0.25) is 19.2 Å². The molecular weight excluding hydrogens is 594 g/mol. The van der Waals surface area contributed by atoms with Crippen molar-refractivity contribution in [2.75, 3.05) is 26.9 Å². The summed E-state index contributed by atoms with van der Waals surface area (Å²) in [5, 5.41) is 8.97. The molecule has 4 rings (SSSR count). The van der Waals surface area contributed by atoms with Crippen molar-refractivity contribution in [1.82, 2.24) is 25.9 Å². The molecule has 0 bridgehead atoms. The average molecular weight is 636 g/mol.